The van der Waals surface area contributed by atoms with Crippen LogP contribution in [0.5, 0.6) is 23.0 Å². The molecule has 1 N–H and O–H groups in total. The summed E-state index contributed by atoms with van der Waals surface area (Å²) >= 11 is 2.70. The van der Waals surface area contributed by atoms with Gasteiger partial charge in [0.1, 0.15) is 19.0 Å². The van der Waals surface area contributed by atoms with Crippen molar-refractivity contribution in [2.45, 2.75) is 43.3 Å². The summed E-state index contributed by atoms with van der Waals surface area (Å²) in [5, 5.41) is 20.6. The molecule has 2 aliphatic heterocycles. The Balaban J connectivity index is 1.42. The predicted octanol–water partition coefficient (Wildman–Crippen LogP) is 6.72. The van der Waals surface area contributed by atoms with Crippen LogP contribution in [0.25, 0.3) is 5.76 Å². The van der Waals surface area contributed by atoms with Gasteiger partial charge in [0, 0.05) is 11.3 Å². The second-order valence-corrected chi connectivity index (χ2v) is 12.8. The average molecular weight is 660 g/mol. The third-order valence-electron chi connectivity index (χ3n) is 7.39. The number of aryl methyl sites for hydroxylation is 1. The van der Waals surface area contributed by atoms with E-state index in [1.54, 1.807) is 36.4 Å². The van der Waals surface area contributed by atoms with E-state index in [2.05, 4.69) is 34.5 Å². The number of carbonyl (C=O) groups excluding carboxylic acids is 2. The maximum absolute atomic E-state index is 13.8. The van der Waals surface area contributed by atoms with Crippen molar-refractivity contribution in [3.8, 4) is 23.0 Å². The van der Waals surface area contributed by atoms with Gasteiger partial charge in [0.05, 0.1) is 24.8 Å². The number of hydrogen-bond acceptors (Lipinski definition) is 11. The molecule has 1 amide bonds. The van der Waals surface area contributed by atoms with E-state index in [-0.39, 0.29) is 16.5 Å². The third kappa shape index (κ3) is 6.40. The monoisotopic (exact) mass is 659 g/mol. The van der Waals surface area contributed by atoms with Gasteiger partial charge in [-0.3, -0.25) is 14.5 Å². The van der Waals surface area contributed by atoms with Gasteiger partial charge in [-0.1, -0.05) is 65.9 Å². The molecule has 0 saturated carbocycles. The Morgan fingerprint density at radius 2 is 1.76 bits per heavy atom. The van der Waals surface area contributed by atoms with Crippen LogP contribution < -0.4 is 23.8 Å². The molecule has 0 radical (unpaired) electrons. The lowest BCUT2D eigenvalue weighted by atomic mass is 9.95. The van der Waals surface area contributed by atoms with Crippen LogP contribution in [0.15, 0.2) is 70.6 Å². The van der Waals surface area contributed by atoms with Crippen LogP contribution in [0.4, 0.5) is 5.13 Å². The van der Waals surface area contributed by atoms with Crippen molar-refractivity contribution in [3.05, 3.63) is 88.5 Å². The number of Topliss-reactive ketones (excluding diaryl/α,β-unsaturated/α-hetero) is 1. The van der Waals surface area contributed by atoms with Crippen LogP contribution in [0, 0.1) is 6.92 Å². The minimum absolute atomic E-state index is 0.0876. The van der Waals surface area contributed by atoms with Crippen molar-refractivity contribution in [2.75, 3.05) is 31.3 Å². The minimum Gasteiger partial charge on any atom is -0.507 e. The molecule has 2 aliphatic rings. The largest absolute Gasteiger partial charge is 0.507 e. The fourth-order valence-corrected chi connectivity index (χ4v) is 7.00. The zero-order chi connectivity index (χ0) is 32.2. The van der Waals surface area contributed by atoms with Gasteiger partial charge >= 0.3 is 5.91 Å². The molecule has 1 aromatic heterocycles. The van der Waals surface area contributed by atoms with Crippen molar-refractivity contribution >= 4 is 45.7 Å². The number of amides is 1. The standard InChI is InChI=1S/C34H33N3O7S2/c1-4-14-42-24-12-10-22(17-26(24)41-5-2)29-28(30(38)23-11-13-25-27(18-23)44-16-15-43-25)31(39)32(40)37(29)33-35-36-34(46-33)45-19-21-8-6-20(3)7-9-21/h6-13,17-18,29,38H,4-5,14-16,19H2,1-3H3/t29-/m1/s1. The highest BCUT2D eigenvalue weighted by molar-refractivity contribution is 8.00. The number of fused-ring (bicyclic) bond motifs is 1. The number of aromatic nitrogens is 2. The quantitative estimate of drug-likeness (QED) is 0.0611. The van der Waals surface area contributed by atoms with Gasteiger partial charge in [0.15, 0.2) is 27.3 Å². The number of rotatable bonds is 11. The van der Waals surface area contributed by atoms with E-state index in [9.17, 15) is 14.7 Å². The Hall–Kier alpha value is -4.55. The fraction of sp³-hybridized carbons (Fsp3) is 0.294. The zero-order valence-electron chi connectivity index (χ0n) is 25.6. The van der Waals surface area contributed by atoms with E-state index in [0.717, 1.165) is 12.0 Å². The third-order valence-corrected chi connectivity index (χ3v) is 9.52. The molecule has 0 aliphatic carbocycles. The van der Waals surface area contributed by atoms with Gasteiger partial charge < -0.3 is 24.1 Å². The summed E-state index contributed by atoms with van der Waals surface area (Å²) in [5.41, 5.74) is 3.06. The van der Waals surface area contributed by atoms with Crippen molar-refractivity contribution in [2.24, 2.45) is 0 Å². The number of nitrogens with zero attached hydrogens (tertiary/aromatic N) is 3. The van der Waals surface area contributed by atoms with E-state index in [4.69, 9.17) is 18.9 Å². The summed E-state index contributed by atoms with van der Waals surface area (Å²) in [6.45, 7) is 7.55. The molecule has 0 spiro atoms. The molecular formula is C34H33N3O7S2. The summed E-state index contributed by atoms with van der Waals surface area (Å²) in [6, 6.07) is 17.4. The number of aliphatic hydroxyl groups is 1. The van der Waals surface area contributed by atoms with E-state index < -0.39 is 17.7 Å². The second-order valence-electron chi connectivity index (χ2n) is 10.6. The number of carbonyl (C=O) groups is 2. The number of ketones is 1. The van der Waals surface area contributed by atoms with E-state index in [0.29, 0.717) is 70.6 Å². The molecular weight excluding hydrogens is 627 g/mol. The number of hydrogen-bond donors (Lipinski definition) is 1. The molecule has 3 heterocycles. The van der Waals surface area contributed by atoms with Crippen molar-refractivity contribution < 1.29 is 33.6 Å². The number of aliphatic hydroxyl groups excluding tert-OH is 1. The highest BCUT2D eigenvalue weighted by Crippen LogP contribution is 2.46. The normalized spacial score (nSPS) is 16.9. The number of benzene rings is 3. The van der Waals surface area contributed by atoms with Crippen LogP contribution >= 0.6 is 23.1 Å². The molecule has 0 bridgehead atoms. The van der Waals surface area contributed by atoms with Crippen LogP contribution in [0.2, 0.25) is 0 Å². The molecule has 1 atom stereocenters. The maximum Gasteiger partial charge on any atom is 0.301 e. The first kappa shape index (κ1) is 31.4. The molecule has 6 rings (SSSR count). The summed E-state index contributed by atoms with van der Waals surface area (Å²) in [7, 11) is 0. The highest BCUT2D eigenvalue weighted by Gasteiger charge is 2.48. The average Bonchev–Trinajstić information content (AvgIpc) is 3.65. The number of ether oxygens (including phenoxy) is 4. The Kier molecular flexibility index (Phi) is 9.46. The molecule has 46 heavy (non-hydrogen) atoms. The van der Waals surface area contributed by atoms with Crippen LogP contribution in [-0.2, 0) is 15.3 Å². The smallest absolute Gasteiger partial charge is 0.301 e. The van der Waals surface area contributed by atoms with E-state index in [1.807, 2.05) is 20.8 Å². The van der Waals surface area contributed by atoms with Crippen molar-refractivity contribution in [1.82, 2.24) is 10.2 Å². The summed E-state index contributed by atoms with van der Waals surface area (Å²) in [5.74, 6) is 0.644. The lowest BCUT2D eigenvalue weighted by Crippen LogP contribution is -2.29. The topological polar surface area (TPSA) is 120 Å². The zero-order valence-corrected chi connectivity index (χ0v) is 27.3. The fourth-order valence-electron chi connectivity index (χ4n) is 5.17. The Morgan fingerprint density at radius 3 is 2.52 bits per heavy atom. The van der Waals surface area contributed by atoms with Gasteiger partial charge in [0.25, 0.3) is 5.78 Å². The van der Waals surface area contributed by atoms with Crippen LogP contribution in [0.1, 0.15) is 48.6 Å². The maximum atomic E-state index is 13.8. The van der Waals surface area contributed by atoms with E-state index in [1.165, 1.54) is 33.6 Å². The summed E-state index contributed by atoms with van der Waals surface area (Å²) in [6.07, 6.45) is 0.810. The second kappa shape index (κ2) is 13.8. The highest BCUT2D eigenvalue weighted by atomic mass is 32.2. The molecule has 238 valence electrons. The first-order valence-electron chi connectivity index (χ1n) is 15.0. The Bertz CT molecular complexity index is 1790. The predicted molar refractivity (Wildman–Crippen MR) is 176 cm³/mol. The summed E-state index contributed by atoms with van der Waals surface area (Å²) in [4.78, 5) is 28.8. The van der Waals surface area contributed by atoms with Gasteiger partial charge in [-0.25, -0.2) is 0 Å². The Labute approximate surface area is 275 Å². The van der Waals surface area contributed by atoms with Gasteiger partial charge in [-0.15, -0.1) is 10.2 Å². The molecule has 1 fully saturated rings. The molecule has 10 nitrogen and oxygen atoms in total. The van der Waals surface area contributed by atoms with Crippen LogP contribution in [0.3, 0.4) is 0 Å². The number of thioether (sulfide) groups is 1. The van der Waals surface area contributed by atoms with E-state index >= 15 is 0 Å². The van der Waals surface area contributed by atoms with Crippen LogP contribution in [-0.4, -0.2) is 53.4 Å². The molecule has 3 aromatic carbocycles. The first-order valence-corrected chi connectivity index (χ1v) is 16.8. The lowest BCUT2D eigenvalue weighted by molar-refractivity contribution is -0.132. The summed E-state index contributed by atoms with van der Waals surface area (Å²) < 4.78 is 23.8. The first-order chi connectivity index (χ1) is 22.4. The lowest BCUT2D eigenvalue weighted by Gasteiger charge is -2.24. The molecule has 12 heteroatoms. The van der Waals surface area contributed by atoms with Gasteiger partial charge in [-0.05, 0) is 61.7 Å². The van der Waals surface area contributed by atoms with Gasteiger partial charge in [0.2, 0.25) is 5.13 Å². The minimum atomic E-state index is -1.02. The van der Waals surface area contributed by atoms with Gasteiger partial charge in [-0.2, -0.15) is 0 Å². The van der Waals surface area contributed by atoms with Crippen molar-refractivity contribution in [1.29, 1.82) is 0 Å². The molecule has 1 saturated heterocycles. The SMILES string of the molecule is CCCOc1ccc([C@@H]2C(=C(O)c3ccc4c(c3)OCCO4)C(=O)C(=O)N2c2nnc(SCc3ccc(C)cc3)s2)cc1OCC. The molecule has 4 aromatic rings. The Morgan fingerprint density at radius 1 is 0.978 bits per heavy atom. The van der Waals surface area contributed by atoms with Crippen molar-refractivity contribution in [3.63, 3.8) is 0 Å². The number of anilines is 1. The molecule has 0 unspecified atom stereocenters.